The standard InChI is InChI=1S/C15H33N3/c1-7-16-14(13(2)3)12-17-8-10-18(11-9-17)15(4,5)6/h13-14,16H,7-12H2,1-6H3. The van der Waals surface area contributed by atoms with Gasteiger partial charge in [-0.2, -0.15) is 0 Å². The van der Waals surface area contributed by atoms with Gasteiger partial charge in [-0.3, -0.25) is 9.80 Å². The Balaban J connectivity index is 2.38. The van der Waals surface area contributed by atoms with Gasteiger partial charge in [0, 0.05) is 44.3 Å². The van der Waals surface area contributed by atoms with Crippen LogP contribution >= 0.6 is 0 Å². The summed E-state index contributed by atoms with van der Waals surface area (Å²) in [5.41, 5.74) is 0.325. The third-order valence-electron chi connectivity index (χ3n) is 4.05. The molecule has 1 atom stereocenters. The molecule has 0 amide bonds. The monoisotopic (exact) mass is 255 g/mol. The van der Waals surface area contributed by atoms with Crippen molar-refractivity contribution in [3.8, 4) is 0 Å². The van der Waals surface area contributed by atoms with Crippen molar-refractivity contribution < 1.29 is 0 Å². The number of nitrogens with zero attached hydrogens (tertiary/aromatic N) is 2. The van der Waals surface area contributed by atoms with E-state index in [4.69, 9.17) is 0 Å². The van der Waals surface area contributed by atoms with E-state index in [2.05, 4.69) is 56.7 Å². The van der Waals surface area contributed by atoms with Crippen LogP contribution in [-0.4, -0.2) is 60.6 Å². The molecular formula is C15H33N3. The highest BCUT2D eigenvalue weighted by molar-refractivity contribution is 4.84. The van der Waals surface area contributed by atoms with E-state index in [1.54, 1.807) is 0 Å². The highest BCUT2D eigenvalue weighted by Gasteiger charge is 2.27. The van der Waals surface area contributed by atoms with Crippen molar-refractivity contribution in [2.24, 2.45) is 5.92 Å². The van der Waals surface area contributed by atoms with Crippen molar-refractivity contribution in [3.05, 3.63) is 0 Å². The lowest BCUT2D eigenvalue weighted by Gasteiger charge is -2.43. The number of nitrogens with one attached hydrogen (secondary N) is 1. The minimum Gasteiger partial charge on any atom is -0.313 e. The summed E-state index contributed by atoms with van der Waals surface area (Å²) in [6, 6.07) is 0.635. The first-order valence-corrected chi connectivity index (χ1v) is 7.55. The summed E-state index contributed by atoms with van der Waals surface area (Å²) >= 11 is 0. The molecule has 18 heavy (non-hydrogen) atoms. The number of hydrogen-bond acceptors (Lipinski definition) is 3. The fraction of sp³-hybridized carbons (Fsp3) is 1.00. The minimum absolute atomic E-state index is 0.325. The van der Waals surface area contributed by atoms with Crippen molar-refractivity contribution in [1.29, 1.82) is 0 Å². The smallest absolute Gasteiger partial charge is 0.0217 e. The Morgan fingerprint density at radius 3 is 2.00 bits per heavy atom. The third kappa shape index (κ3) is 4.87. The van der Waals surface area contributed by atoms with Crippen LogP contribution in [0.3, 0.4) is 0 Å². The number of piperazine rings is 1. The van der Waals surface area contributed by atoms with Crippen molar-refractivity contribution >= 4 is 0 Å². The second-order valence-electron chi connectivity index (χ2n) is 6.87. The topological polar surface area (TPSA) is 18.5 Å². The first-order valence-electron chi connectivity index (χ1n) is 7.55. The Bertz CT molecular complexity index is 224. The highest BCUT2D eigenvalue weighted by atomic mass is 15.3. The molecular weight excluding hydrogens is 222 g/mol. The third-order valence-corrected chi connectivity index (χ3v) is 4.05. The molecule has 108 valence electrons. The molecule has 0 aliphatic carbocycles. The molecule has 0 aromatic rings. The Kier molecular flexibility index (Phi) is 6.09. The summed E-state index contributed by atoms with van der Waals surface area (Å²) < 4.78 is 0. The zero-order valence-electron chi connectivity index (χ0n) is 13.3. The van der Waals surface area contributed by atoms with Gasteiger partial charge >= 0.3 is 0 Å². The summed E-state index contributed by atoms with van der Waals surface area (Å²) in [6.07, 6.45) is 0. The average molecular weight is 255 g/mol. The van der Waals surface area contributed by atoms with Gasteiger partial charge in [0.2, 0.25) is 0 Å². The Hall–Kier alpha value is -0.120. The average Bonchev–Trinajstić information content (AvgIpc) is 2.28. The van der Waals surface area contributed by atoms with Gasteiger partial charge in [0.15, 0.2) is 0 Å². The predicted molar refractivity (Wildman–Crippen MR) is 80.1 cm³/mol. The highest BCUT2D eigenvalue weighted by Crippen LogP contribution is 2.16. The van der Waals surface area contributed by atoms with E-state index >= 15 is 0 Å². The van der Waals surface area contributed by atoms with Crippen LogP contribution in [0.15, 0.2) is 0 Å². The van der Waals surface area contributed by atoms with E-state index in [0.29, 0.717) is 17.5 Å². The maximum Gasteiger partial charge on any atom is 0.0217 e. The summed E-state index contributed by atoms with van der Waals surface area (Å²) in [5, 5.41) is 3.62. The lowest BCUT2D eigenvalue weighted by molar-refractivity contribution is 0.0555. The van der Waals surface area contributed by atoms with Crippen LogP contribution in [0.2, 0.25) is 0 Å². The maximum atomic E-state index is 3.62. The Labute approximate surface area is 114 Å². The molecule has 1 rings (SSSR count). The minimum atomic E-state index is 0.325. The fourth-order valence-corrected chi connectivity index (χ4v) is 2.65. The molecule has 3 nitrogen and oxygen atoms in total. The lowest BCUT2D eigenvalue weighted by Crippen LogP contribution is -2.56. The van der Waals surface area contributed by atoms with Gasteiger partial charge in [-0.1, -0.05) is 20.8 Å². The van der Waals surface area contributed by atoms with E-state index in [9.17, 15) is 0 Å². The molecule has 1 N–H and O–H groups in total. The summed E-state index contributed by atoms with van der Waals surface area (Å²) in [6.45, 7) is 20.9. The molecule has 0 radical (unpaired) electrons. The molecule has 0 spiro atoms. The van der Waals surface area contributed by atoms with E-state index < -0.39 is 0 Å². The van der Waals surface area contributed by atoms with E-state index in [1.807, 2.05) is 0 Å². The largest absolute Gasteiger partial charge is 0.313 e. The molecule has 1 aliphatic rings. The van der Waals surface area contributed by atoms with E-state index in [-0.39, 0.29) is 0 Å². The van der Waals surface area contributed by atoms with Gasteiger partial charge in [-0.05, 0) is 33.2 Å². The molecule has 3 heteroatoms. The SMILES string of the molecule is CCNC(CN1CCN(C(C)(C)C)CC1)C(C)C. The van der Waals surface area contributed by atoms with Crippen molar-refractivity contribution in [3.63, 3.8) is 0 Å². The molecule has 1 fully saturated rings. The zero-order valence-corrected chi connectivity index (χ0v) is 13.3. The molecule has 0 saturated carbocycles. The number of rotatable bonds is 5. The second-order valence-corrected chi connectivity index (χ2v) is 6.87. The van der Waals surface area contributed by atoms with E-state index in [0.717, 1.165) is 6.54 Å². The van der Waals surface area contributed by atoms with Gasteiger partial charge in [0.05, 0.1) is 0 Å². The molecule has 1 heterocycles. The van der Waals surface area contributed by atoms with Crippen LogP contribution in [0.1, 0.15) is 41.5 Å². The first-order chi connectivity index (χ1) is 8.34. The van der Waals surface area contributed by atoms with Crippen LogP contribution in [0.4, 0.5) is 0 Å². The zero-order chi connectivity index (χ0) is 13.8. The first kappa shape index (κ1) is 15.9. The quantitative estimate of drug-likeness (QED) is 0.811. The van der Waals surface area contributed by atoms with Crippen LogP contribution in [0.5, 0.6) is 0 Å². The van der Waals surface area contributed by atoms with Crippen LogP contribution in [0.25, 0.3) is 0 Å². The van der Waals surface area contributed by atoms with Crippen molar-refractivity contribution in [1.82, 2.24) is 15.1 Å². The molecule has 1 saturated heterocycles. The lowest BCUT2D eigenvalue weighted by atomic mass is 10.0. The molecule has 1 unspecified atom stereocenters. The maximum absolute atomic E-state index is 3.62. The van der Waals surface area contributed by atoms with Gasteiger partial charge in [-0.15, -0.1) is 0 Å². The Morgan fingerprint density at radius 1 is 1.06 bits per heavy atom. The van der Waals surface area contributed by atoms with E-state index in [1.165, 1.54) is 32.7 Å². The van der Waals surface area contributed by atoms with Crippen LogP contribution in [-0.2, 0) is 0 Å². The van der Waals surface area contributed by atoms with Gasteiger partial charge in [-0.25, -0.2) is 0 Å². The molecule has 0 aromatic heterocycles. The van der Waals surface area contributed by atoms with Gasteiger partial charge < -0.3 is 5.32 Å². The normalized spacial score (nSPS) is 21.5. The summed E-state index contributed by atoms with van der Waals surface area (Å²) in [4.78, 5) is 5.22. The predicted octanol–water partition coefficient (Wildman–Crippen LogP) is 2.04. The molecule has 0 aromatic carbocycles. The van der Waals surface area contributed by atoms with Gasteiger partial charge in [0.1, 0.15) is 0 Å². The Morgan fingerprint density at radius 2 is 1.61 bits per heavy atom. The second kappa shape index (κ2) is 6.88. The summed E-state index contributed by atoms with van der Waals surface area (Å²) in [5.74, 6) is 0.714. The van der Waals surface area contributed by atoms with Crippen molar-refractivity contribution in [2.45, 2.75) is 53.1 Å². The van der Waals surface area contributed by atoms with Gasteiger partial charge in [0.25, 0.3) is 0 Å². The summed E-state index contributed by atoms with van der Waals surface area (Å²) in [7, 11) is 0. The molecule has 1 aliphatic heterocycles. The van der Waals surface area contributed by atoms with Crippen LogP contribution in [0, 0.1) is 5.92 Å². The number of likely N-dealkylation sites (N-methyl/N-ethyl adjacent to an activating group) is 1. The van der Waals surface area contributed by atoms with Crippen LogP contribution < -0.4 is 5.32 Å². The fourth-order valence-electron chi connectivity index (χ4n) is 2.65. The van der Waals surface area contributed by atoms with Crippen molar-refractivity contribution in [2.75, 3.05) is 39.3 Å². The number of hydrogen-bond donors (Lipinski definition) is 1. The molecule has 0 bridgehead atoms.